The molecular weight excluding hydrogens is 398 g/mol. The minimum Gasteiger partial charge on any atom is -0.497 e. The van der Waals surface area contributed by atoms with Crippen molar-refractivity contribution in [2.45, 2.75) is 24.9 Å². The smallest absolute Gasteiger partial charge is 0.233 e. The van der Waals surface area contributed by atoms with E-state index >= 15 is 0 Å². The topological polar surface area (TPSA) is 73.1 Å². The maximum Gasteiger partial charge on any atom is 0.233 e. The van der Waals surface area contributed by atoms with E-state index in [9.17, 15) is 4.79 Å². The number of amides is 1. The number of pyridine rings is 1. The first-order valence-electron chi connectivity index (χ1n) is 10.1. The number of benzene rings is 1. The highest BCUT2D eigenvalue weighted by atomic mass is 32.2. The molecule has 1 amide bonds. The van der Waals surface area contributed by atoms with Crippen molar-refractivity contribution in [3.05, 3.63) is 48.8 Å². The molecule has 8 heteroatoms. The second-order valence-corrected chi connectivity index (χ2v) is 8.37. The second-order valence-electron chi connectivity index (χ2n) is 7.43. The molecule has 0 aliphatic carbocycles. The van der Waals surface area contributed by atoms with Crippen LogP contribution in [0.25, 0.3) is 17.1 Å². The van der Waals surface area contributed by atoms with Gasteiger partial charge in [0.05, 0.1) is 12.9 Å². The normalized spacial score (nSPS) is 14.7. The minimum absolute atomic E-state index is 0.154. The number of ether oxygens (including phenoxy) is 1. The molecule has 2 aromatic heterocycles. The number of carbonyl (C=O) groups is 1. The molecule has 3 aromatic rings. The van der Waals surface area contributed by atoms with Gasteiger partial charge >= 0.3 is 0 Å². The molecular formula is C22H25N5O2S. The van der Waals surface area contributed by atoms with Gasteiger partial charge in [-0.3, -0.25) is 14.3 Å². The van der Waals surface area contributed by atoms with Crippen molar-refractivity contribution < 1.29 is 9.53 Å². The van der Waals surface area contributed by atoms with Crippen molar-refractivity contribution in [1.82, 2.24) is 24.6 Å². The van der Waals surface area contributed by atoms with Crippen molar-refractivity contribution in [1.29, 1.82) is 0 Å². The molecule has 1 aromatic carbocycles. The Morgan fingerprint density at radius 2 is 1.80 bits per heavy atom. The third kappa shape index (κ3) is 4.48. The fourth-order valence-corrected chi connectivity index (χ4v) is 4.35. The molecule has 156 valence electrons. The van der Waals surface area contributed by atoms with Gasteiger partial charge in [0.15, 0.2) is 11.0 Å². The van der Waals surface area contributed by atoms with Crippen LogP contribution in [0.4, 0.5) is 0 Å². The maximum atomic E-state index is 12.7. The Balaban J connectivity index is 1.59. The summed E-state index contributed by atoms with van der Waals surface area (Å²) >= 11 is 1.42. The molecule has 0 unspecified atom stereocenters. The largest absolute Gasteiger partial charge is 0.497 e. The average molecular weight is 424 g/mol. The second kappa shape index (κ2) is 9.30. The molecule has 0 saturated carbocycles. The summed E-state index contributed by atoms with van der Waals surface area (Å²) in [6.45, 7) is 3.93. The molecule has 1 aliphatic rings. The lowest BCUT2D eigenvalue weighted by atomic mass is 9.99. The van der Waals surface area contributed by atoms with Gasteiger partial charge in [0.25, 0.3) is 0 Å². The van der Waals surface area contributed by atoms with Gasteiger partial charge < -0.3 is 9.64 Å². The molecule has 7 nitrogen and oxygen atoms in total. The minimum atomic E-state index is 0.154. The molecule has 0 radical (unpaired) electrons. The Kier molecular flexibility index (Phi) is 6.32. The van der Waals surface area contributed by atoms with E-state index in [0.717, 1.165) is 42.9 Å². The van der Waals surface area contributed by atoms with E-state index in [-0.39, 0.29) is 5.91 Å². The van der Waals surface area contributed by atoms with Crippen LogP contribution in [-0.2, 0) is 4.79 Å². The number of piperidine rings is 1. The van der Waals surface area contributed by atoms with Crippen LogP contribution < -0.4 is 4.74 Å². The van der Waals surface area contributed by atoms with Crippen LogP contribution in [0.15, 0.2) is 53.9 Å². The third-order valence-electron chi connectivity index (χ3n) is 5.36. The number of likely N-dealkylation sites (tertiary alicyclic amines) is 1. The zero-order valence-corrected chi connectivity index (χ0v) is 18.0. The molecule has 30 heavy (non-hydrogen) atoms. The summed E-state index contributed by atoms with van der Waals surface area (Å²) in [5, 5.41) is 9.49. The van der Waals surface area contributed by atoms with Gasteiger partial charge in [0.1, 0.15) is 5.75 Å². The number of rotatable bonds is 6. The van der Waals surface area contributed by atoms with Gasteiger partial charge in [-0.15, -0.1) is 10.2 Å². The van der Waals surface area contributed by atoms with Gasteiger partial charge in [-0.25, -0.2) is 0 Å². The number of carbonyl (C=O) groups excluding carboxylic acids is 1. The van der Waals surface area contributed by atoms with Crippen molar-refractivity contribution in [3.8, 4) is 22.8 Å². The van der Waals surface area contributed by atoms with Gasteiger partial charge in [-0.05, 0) is 55.2 Å². The number of aromatic nitrogens is 4. The van der Waals surface area contributed by atoms with E-state index in [1.165, 1.54) is 11.8 Å². The predicted octanol–water partition coefficient (Wildman–Crippen LogP) is 3.69. The van der Waals surface area contributed by atoms with Crippen LogP contribution in [-0.4, -0.2) is 56.5 Å². The van der Waals surface area contributed by atoms with Crippen molar-refractivity contribution >= 4 is 17.7 Å². The molecule has 1 aliphatic heterocycles. The molecule has 1 fully saturated rings. The summed E-state index contributed by atoms with van der Waals surface area (Å²) in [7, 11) is 1.64. The highest BCUT2D eigenvalue weighted by Crippen LogP contribution is 2.29. The molecule has 0 atom stereocenters. The van der Waals surface area contributed by atoms with E-state index in [0.29, 0.717) is 22.7 Å². The van der Waals surface area contributed by atoms with E-state index in [1.54, 1.807) is 19.5 Å². The lowest BCUT2D eigenvalue weighted by molar-refractivity contribution is -0.129. The lowest BCUT2D eigenvalue weighted by Gasteiger charge is -2.30. The molecule has 3 heterocycles. The molecule has 0 spiro atoms. The summed E-state index contributed by atoms with van der Waals surface area (Å²) in [4.78, 5) is 18.8. The quantitative estimate of drug-likeness (QED) is 0.563. The third-order valence-corrected chi connectivity index (χ3v) is 6.28. The Labute approximate surface area is 180 Å². The Morgan fingerprint density at radius 3 is 2.47 bits per heavy atom. The summed E-state index contributed by atoms with van der Waals surface area (Å²) in [5.41, 5.74) is 1.82. The summed E-state index contributed by atoms with van der Waals surface area (Å²) in [5.74, 6) is 2.69. The number of nitrogens with zero attached hydrogens (tertiary/aromatic N) is 5. The van der Waals surface area contributed by atoms with E-state index < -0.39 is 0 Å². The fraction of sp³-hybridized carbons (Fsp3) is 0.364. The van der Waals surface area contributed by atoms with Gasteiger partial charge in [-0.1, -0.05) is 18.7 Å². The highest BCUT2D eigenvalue weighted by Gasteiger charge is 2.22. The number of methoxy groups -OCH3 is 1. The number of thioether (sulfide) groups is 1. The van der Waals surface area contributed by atoms with Crippen LogP contribution in [0.3, 0.4) is 0 Å². The zero-order valence-electron chi connectivity index (χ0n) is 17.2. The summed E-state index contributed by atoms with van der Waals surface area (Å²) in [6.07, 6.45) is 5.61. The van der Waals surface area contributed by atoms with Gasteiger partial charge in [-0.2, -0.15) is 0 Å². The number of hydrogen-bond acceptors (Lipinski definition) is 6. The first-order chi connectivity index (χ1) is 14.7. The van der Waals surface area contributed by atoms with Gasteiger partial charge in [0.2, 0.25) is 5.91 Å². The first-order valence-corrected chi connectivity index (χ1v) is 11.0. The molecule has 1 saturated heterocycles. The Morgan fingerprint density at radius 1 is 1.10 bits per heavy atom. The Bertz CT molecular complexity index is 983. The van der Waals surface area contributed by atoms with E-state index in [1.807, 2.05) is 45.9 Å². The van der Waals surface area contributed by atoms with Crippen LogP contribution in [0, 0.1) is 5.92 Å². The van der Waals surface area contributed by atoms with Crippen LogP contribution in [0.2, 0.25) is 0 Å². The van der Waals surface area contributed by atoms with E-state index in [4.69, 9.17) is 4.74 Å². The average Bonchev–Trinajstić information content (AvgIpc) is 3.22. The van der Waals surface area contributed by atoms with Crippen molar-refractivity contribution in [2.75, 3.05) is 26.0 Å². The Hall–Kier alpha value is -2.87. The fourth-order valence-electron chi connectivity index (χ4n) is 3.49. The lowest BCUT2D eigenvalue weighted by Crippen LogP contribution is -2.38. The van der Waals surface area contributed by atoms with Crippen molar-refractivity contribution in [3.63, 3.8) is 0 Å². The SMILES string of the molecule is COc1ccc(-n2c(SCC(=O)N3CCC(C)CC3)nnc2-c2ccncc2)cc1. The first kappa shape index (κ1) is 20.4. The monoisotopic (exact) mass is 423 g/mol. The maximum absolute atomic E-state index is 12.7. The van der Waals surface area contributed by atoms with Crippen LogP contribution in [0.5, 0.6) is 5.75 Å². The predicted molar refractivity (Wildman–Crippen MR) is 117 cm³/mol. The molecule has 0 N–H and O–H groups in total. The number of hydrogen-bond donors (Lipinski definition) is 0. The standard InChI is InChI=1S/C22H25N5O2S/c1-16-9-13-26(14-10-16)20(28)15-30-22-25-24-21(17-7-11-23-12-8-17)27(22)18-3-5-19(29-2)6-4-18/h3-8,11-12,16H,9-10,13-15H2,1-2H3. The van der Waals surface area contributed by atoms with Gasteiger partial charge in [0, 0.05) is 36.7 Å². The van der Waals surface area contributed by atoms with Crippen LogP contribution >= 0.6 is 11.8 Å². The zero-order chi connectivity index (χ0) is 20.9. The van der Waals surface area contributed by atoms with Crippen LogP contribution in [0.1, 0.15) is 19.8 Å². The summed E-state index contributed by atoms with van der Waals surface area (Å²) in [6, 6.07) is 11.5. The summed E-state index contributed by atoms with van der Waals surface area (Å²) < 4.78 is 7.26. The van der Waals surface area contributed by atoms with Crippen molar-refractivity contribution in [2.24, 2.45) is 5.92 Å². The highest BCUT2D eigenvalue weighted by molar-refractivity contribution is 7.99. The van der Waals surface area contributed by atoms with E-state index in [2.05, 4.69) is 22.1 Å². The molecule has 0 bridgehead atoms. The molecule has 4 rings (SSSR count).